The molecular weight excluding hydrogens is 250 g/mol. The highest BCUT2D eigenvalue weighted by Gasteiger charge is 2.31. The first-order valence-electron chi connectivity index (χ1n) is 4.15. The summed E-state index contributed by atoms with van der Waals surface area (Å²) in [5.41, 5.74) is 0.882. The highest BCUT2D eigenvalue weighted by molar-refractivity contribution is 9.10. The molecule has 0 saturated heterocycles. The Bertz CT molecular complexity index is 391. The Hall–Kier alpha value is -1.17. The number of hydrogen-bond donors (Lipinski definition) is 1. The summed E-state index contributed by atoms with van der Waals surface area (Å²) in [6, 6.07) is 0. The maximum absolute atomic E-state index is 10.5. The summed E-state index contributed by atoms with van der Waals surface area (Å²) in [4.78, 5) is 11.9. The fourth-order valence-electron chi connectivity index (χ4n) is 1.26. The zero-order valence-electron chi connectivity index (χ0n) is 7.22. The SMILES string of the molecule is O=C(O)C1CC(=Nn2cc(Br)cn2)C1. The van der Waals surface area contributed by atoms with Gasteiger partial charge >= 0.3 is 5.97 Å². The van der Waals surface area contributed by atoms with Crippen LogP contribution in [0.15, 0.2) is 22.0 Å². The molecule has 1 aromatic rings. The monoisotopic (exact) mass is 257 g/mol. The van der Waals surface area contributed by atoms with E-state index >= 15 is 0 Å². The first kappa shape index (κ1) is 9.39. The van der Waals surface area contributed by atoms with E-state index < -0.39 is 5.97 Å². The lowest BCUT2D eigenvalue weighted by Crippen LogP contribution is -2.31. The van der Waals surface area contributed by atoms with Crippen molar-refractivity contribution in [3.05, 3.63) is 16.9 Å². The van der Waals surface area contributed by atoms with Crippen LogP contribution in [-0.2, 0) is 4.79 Å². The van der Waals surface area contributed by atoms with Crippen molar-refractivity contribution in [2.24, 2.45) is 11.0 Å². The van der Waals surface area contributed by atoms with Gasteiger partial charge in [0.2, 0.25) is 0 Å². The molecule has 1 saturated carbocycles. The maximum Gasteiger partial charge on any atom is 0.307 e. The van der Waals surface area contributed by atoms with E-state index in [1.165, 1.54) is 4.79 Å². The van der Waals surface area contributed by atoms with Crippen molar-refractivity contribution in [2.75, 3.05) is 0 Å². The number of aliphatic carboxylic acids is 1. The summed E-state index contributed by atoms with van der Waals surface area (Å²) < 4.78 is 0.857. The number of halogens is 1. The van der Waals surface area contributed by atoms with Gasteiger partial charge in [0, 0.05) is 18.6 Å². The van der Waals surface area contributed by atoms with E-state index in [-0.39, 0.29) is 5.92 Å². The second-order valence-corrected chi connectivity index (χ2v) is 4.10. The second-order valence-electron chi connectivity index (χ2n) is 3.19. The summed E-state index contributed by atoms with van der Waals surface area (Å²) >= 11 is 3.25. The fraction of sp³-hybridized carbons (Fsp3) is 0.375. The van der Waals surface area contributed by atoms with Crippen molar-refractivity contribution in [1.29, 1.82) is 0 Å². The topological polar surface area (TPSA) is 67.5 Å². The van der Waals surface area contributed by atoms with Gasteiger partial charge in [-0.15, -0.1) is 0 Å². The molecule has 1 fully saturated rings. The Balaban J connectivity index is 1.99. The minimum absolute atomic E-state index is 0.257. The largest absolute Gasteiger partial charge is 0.481 e. The van der Waals surface area contributed by atoms with Crippen molar-refractivity contribution in [2.45, 2.75) is 12.8 Å². The molecule has 1 aliphatic rings. The van der Waals surface area contributed by atoms with Gasteiger partial charge in [0.05, 0.1) is 22.8 Å². The summed E-state index contributed by atoms with van der Waals surface area (Å²) in [6.07, 6.45) is 4.43. The van der Waals surface area contributed by atoms with E-state index in [1.54, 1.807) is 12.4 Å². The van der Waals surface area contributed by atoms with E-state index in [1.807, 2.05) is 0 Å². The molecule has 5 nitrogen and oxygen atoms in total. The minimum atomic E-state index is -0.745. The molecule has 1 aromatic heterocycles. The van der Waals surface area contributed by atoms with E-state index in [4.69, 9.17) is 5.11 Å². The normalized spacial score (nSPS) is 20.4. The van der Waals surface area contributed by atoms with Gasteiger partial charge in [-0.1, -0.05) is 0 Å². The third-order valence-electron chi connectivity index (χ3n) is 2.10. The molecule has 0 spiro atoms. The number of carboxylic acid groups (broad SMARTS) is 1. The van der Waals surface area contributed by atoms with Crippen LogP contribution in [0.5, 0.6) is 0 Å². The molecule has 0 amide bonds. The van der Waals surface area contributed by atoms with E-state index in [2.05, 4.69) is 26.1 Å². The third-order valence-corrected chi connectivity index (χ3v) is 2.50. The van der Waals surface area contributed by atoms with Crippen LogP contribution in [0, 0.1) is 5.92 Å². The van der Waals surface area contributed by atoms with Gasteiger partial charge in [0.25, 0.3) is 0 Å². The molecule has 0 bridgehead atoms. The molecule has 2 rings (SSSR count). The van der Waals surface area contributed by atoms with Crippen molar-refractivity contribution < 1.29 is 9.90 Å². The Morgan fingerprint density at radius 3 is 2.93 bits per heavy atom. The fourth-order valence-corrected chi connectivity index (χ4v) is 1.53. The second kappa shape index (κ2) is 3.53. The third kappa shape index (κ3) is 1.84. The molecular formula is C8H8BrN3O2. The van der Waals surface area contributed by atoms with Gasteiger partial charge in [-0.2, -0.15) is 15.0 Å². The number of hydrogen-bond acceptors (Lipinski definition) is 3. The number of nitrogens with zero attached hydrogens (tertiary/aromatic N) is 3. The van der Waals surface area contributed by atoms with Gasteiger partial charge in [-0.05, 0) is 15.9 Å². The van der Waals surface area contributed by atoms with E-state index in [0.29, 0.717) is 12.8 Å². The zero-order valence-corrected chi connectivity index (χ0v) is 8.81. The summed E-state index contributed by atoms with van der Waals surface area (Å²) in [7, 11) is 0. The average molecular weight is 258 g/mol. The predicted molar refractivity (Wildman–Crippen MR) is 53.1 cm³/mol. The first-order valence-corrected chi connectivity index (χ1v) is 4.94. The van der Waals surface area contributed by atoms with E-state index in [0.717, 1.165) is 10.2 Å². The number of carbonyl (C=O) groups is 1. The summed E-state index contributed by atoms with van der Waals surface area (Å²) in [6.45, 7) is 0. The zero-order chi connectivity index (χ0) is 10.1. The molecule has 1 N–H and O–H groups in total. The Labute approximate surface area is 88.5 Å². The summed E-state index contributed by atoms with van der Waals surface area (Å²) in [5, 5.41) is 16.7. The molecule has 1 aliphatic carbocycles. The van der Waals surface area contributed by atoms with Gasteiger partial charge in [0.15, 0.2) is 0 Å². The predicted octanol–water partition coefficient (Wildman–Crippen LogP) is 1.34. The lowest BCUT2D eigenvalue weighted by Gasteiger charge is -2.22. The highest BCUT2D eigenvalue weighted by Crippen LogP contribution is 2.24. The van der Waals surface area contributed by atoms with Crippen LogP contribution in [0.3, 0.4) is 0 Å². The Kier molecular flexibility index (Phi) is 2.37. The van der Waals surface area contributed by atoms with Crippen LogP contribution in [-0.4, -0.2) is 26.7 Å². The quantitative estimate of drug-likeness (QED) is 0.870. The van der Waals surface area contributed by atoms with Gasteiger partial charge < -0.3 is 5.11 Å². The van der Waals surface area contributed by atoms with Crippen LogP contribution in [0.25, 0.3) is 0 Å². The molecule has 0 atom stereocenters. The lowest BCUT2D eigenvalue weighted by atomic mass is 9.83. The van der Waals surface area contributed by atoms with Crippen molar-refractivity contribution in [1.82, 2.24) is 9.89 Å². The van der Waals surface area contributed by atoms with Crippen molar-refractivity contribution in [3.8, 4) is 0 Å². The lowest BCUT2D eigenvalue weighted by molar-refractivity contribution is -0.142. The minimum Gasteiger partial charge on any atom is -0.481 e. The highest BCUT2D eigenvalue weighted by atomic mass is 79.9. The molecule has 0 aromatic carbocycles. The number of aromatic nitrogens is 2. The van der Waals surface area contributed by atoms with Crippen LogP contribution in [0.4, 0.5) is 0 Å². The first-order chi connectivity index (χ1) is 6.65. The van der Waals surface area contributed by atoms with Gasteiger partial charge in [0.1, 0.15) is 0 Å². The molecule has 0 aliphatic heterocycles. The van der Waals surface area contributed by atoms with Crippen LogP contribution in [0.2, 0.25) is 0 Å². The van der Waals surface area contributed by atoms with Crippen LogP contribution >= 0.6 is 15.9 Å². The van der Waals surface area contributed by atoms with Crippen molar-refractivity contribution in [3.63, 3.8) is 0 Å². The smallest absolute Gasteiger partial charge is 0.307 e. The summed E-state index contributed by atoms with van der Waals surface area (Å²) in [5.74, 6) is -1.00. The van der Waals surface area contributed by atoms with Gasteiger partial charge in [-0.25, -0.2) is 0 Å². The number of carboxylic acids is 1. The molecule has 14 heavy (non-hydrogen) atoms. The van der Waals surface area contributed by atoms with Crippen molar-refractivity contribution >= 4 is 27.6 Å². The molecule has 1 heterocycles. The Morgan fingerprint density at radius 2 is 2.43 bits per heavy atom. The van der Waals surface area contributed by atoms with Crippen LogP contribution in [0.1, 0.15) is 12.8 Å². The standard InChI is InChI=1S/C8H8BrN3O2/c9-6-3-10-12(4-6)11-7-1-5(2-7)8(13)14/h3-5H,1-2H2,(H,13,14). The molecule has 0 radical (unpaired) electrons. The Morgan fingerprint density at radius 1 is 1.71 bits per heavy atom. The van der Waals surface area contributed by atoms with E-state index in [9.17, 15) is 4.79 Å². The van der Waals surface area contributed by atoms with Gasteiger partial charge in [-0.3, -0.25) is 4.79 Å². The van der Waals surface area contributed by atoms with Crippen LogP contribution < -0.4 is 0 Å². The molecule has 0 unspecified atom stereocenters. The number of rotatable bonds is 2. The maximum atomic E-state index is 10.5. The average Bonchev–Trinajstić information content (AvgIpc) is 2.42. The molecule has 6 heteroatoms. The molecule has 74 valence electrons.